The molecule has 1 unspecified atom stereocenters. The first-order chi connectivity index (χ1) is 10.2. The fourth-order valence-electron chi connectivity index (χ4n) is 2.71. The number of carbonyl (C=O) groups excluding carboxylic acids is 1. The standard InChI is InChI=1S/C16H24BrN3O/c1-2-20(11-13-6-5-9-18-10-13)12-16(21)19-15-8-4-3-7-14(15)17/h3-4,7-8,13,18H,2,5-6,9-12H2,1H3,(H,19,21). The lowest BCUT2D eigenvalue weighted by atomic mass is 9.99. The number of hydrogen-bond donors (Lipinski definition) is 2. The Morgan fingerprint density at radius 1 is 1.48 bits per heavy atom. The molecule has 1 fully saturated rings. The predicted molar refractivity (Wildman–Crippen MR) is 90.5 cm³/mol. The van der Waals surface area contributed by atoms with Gasteiger partial charge in [0.05, 0.1) is 12.2 Å². The average molecular weight is 354 g/mol. The molecule has 1 atom stereocenters. The summed E-state index contributed by atoms with van der Waals surface area (Å²) in [7, 11) is 0. The van der Waals surface area contributed by atoms with Crippen LogP contribution in [-0.2, 0) is 4.79 Å². The van der Waals surface area contributed by atoms with Crippen molar-refractivity contribution in [3.63, 3.8) is 0 Å². The second kappa shape index (κ2) is 8.51. The Balaban J connectivity index is 1.83. The number of carbonyl (C=O) groups is 1. The maximum absolute atomic E-state index is 12.2. The van der Waals surface area contributed by atoms with Crippen LogP contribution in [0.15, 0.2) is 28.7 Å². The molecule has 0 bridgehead atoms. The zero-order valence-electron chi connectivity index (χ0n) is 12.6. The van der Waals surface area contributed by atoms with E-state index in [9.17, 15) is 4.79 Å². The zero-order valence-corrected chi connectivity index (χ0v) is 14.2. The van der Waals surface area contributed by atoms with Gasteiger partial charge >= 0.3 is 0 Å². The lowest BCUT2D eigenvalue weighted by molar-refractivity contribution is -0.117. The van der Waals surface area contributed by atoms with Gasteiger partial charge in [-0.15, -0.1) is 0 Å². The molecule has 1 aromatic rings. The van der Waals surface area contributed by atoms with Crippen molar-refractivity contribution in [3.05, 3.63) is 28.7 Å². The van der Waals surface area contributed by atoms with E-state index in [4.69, 9.17) is 0 Å². The van der Waals surface area contributed by atoms with E-state index in [1.807, 2.05) is 24.3 Å². The van der Waals surface area contributed by atoms with E-state index < -0.39 is 0 Å². The Hall–Kier alpha value is -0.910. The van der Waals surface area contributed by atoms with Crippen LogP contribution >= 0.6 is 15.9 Å². The van der Waals surface area contributed by atoms with Crippen molar-refractivity contribution in [2.24, 2.45) is 5.92 Å². The van der Waals surface area contributed by atoms with E-state index in [-0.39, 0.29) is 5.91 Å². The fourth-order valence-corrected chi connectivity index (χ4v) is 3.09. The molecule has 0 spiro atoms. The monoisotopic (exact) mass is 353 g/mol. The summed E-state index contributed by atoms with van der Waals surface area (Å²) in [5.41, 5.74) is 0.831. The van der Waals surface area contributed by atoms with Gasteiger partial charge in [0, 0.05) is 11.0 Å². The van der Waals surface area contributed by atoms with Crippen LogP contribution in [-0.4, -0.2) is 43.5 Å². The van der Waals surface area contributed by atoms with Gasteiger partial charge < -0.3 is 10.6 Å². The smallest absolute Gasteiger partial charge is 0.238 e. The van der Waals surface area contributed by atoms with Crippen LogP contribution in [0.5, 0.6) is 0 Å². The minimum absolute atomic E-state index is 0.0486. The topological polar surface area (TPSA) is 44.4 Å². The van der Waals surface area contributed by atoms with Crippen molar-refractivity contribution < 1.29 is 4.79 Å². The van der Waals surface area contributed by atoms with Crippen LogP contribution in [0.4, 0.5) is 5.69 Å². The third kappa shape index (κ3) is 5.41. The molecular weight excluding hydrogens is 330 g/mol. The second-order valence-electron chi connectivity index (χ2n) is 5.57. The first-order valence-electron chi connectivity index (χ1n) is 7.66. The minimum atomic E-state index is 0.0486. The second-order valence-corrected chi connectivity index (χ2v) is 6.42. The Kier molecular flexibility index (Phi) is 6.67. The summed E-state index contributed by atoms with van der Waals surface area (Å²) < 4.78 is 0.915. The van der Waals surface area contributed by atoms with Gasteiger partial charge in [-0.2, -0.15) is 0 Å². The third-order valence-corrected chi connectivity index (χ3v) is 4.57. The Morgan fingerprint density at radius 2 is 2.29 bits per heavy atom. The van der Waals surface area contributed by atoms with Crippen molar-refractivity contribution in [1.82, 2.24) is 10.2 Å². The average Bonchev–Trinajstić information content (AvgIpc) is 2.50. The number of nitrogens with zero attached hydrogens (tertiary/aromatic N) is 1. The summed E-state index contributed by atoms with van der Waals surface area (Å²) in [5.74, 6) is 0.711. The number of rotatable bonds is 6. The number of piperidine rings is 1. The molecule has 2 N–H and O–H groups in total. The van der Waals surface area contributed by atoms with Gasteiger partial charge in [-0.3, -0.25) is 9.69 Å². The number of hydrogen-bond acceptors (Lipinski definition) is 3. The quantitative estimate of drug-likeness (QED) is 0.826. The number of para-hydroxylation sites is 1. The van der Waals surface area contributed by atoms with E-state index in [2.05, 4.69) is 38.4 Å². The van der Waals surface area contributed by atoms with Gasteiger partial charge in [0.15, 0.2) is 0 Å². The number of anilines is 1. The SMILES string of the molecule is CCN(CC(=O)Nc1ccccc1Br)CC1CCCNC1. The highest BCUT2D eigenvalue weighted by Crippen LogP contribution is 2.21. The molecule has 1 aliphatic heterocycles. The molecule has 116 valence electrons. The maximum Gasteiger partial charge on any atom is 0.238 e. The lowest BCUT2D eigenvalue weighted by Crippen LogP contribution is -2.41. The van der Waals surface area contributed by atoms with E-state index in [1.54, 1.807) is 0 Å². The van der Waals surface area contributed by atoms with E-state index in [1.165, 1.54) is 12.8 Å². The van der Waals surface area contributed by atoms with E-state index in [0.29, 0.717) is 12.5 Å². The summed E-state index contributed by atoms with van der Waals surface area (Å²) in [6, 6.07) is 7.70. The van der Waals surface area contributed by atoms with Crippen LogP contribution in [0.3, 0.4) is 0 Å². The summed E-state index contributed by atoms with van der Waals surface area (Å²) in [6.45, 7) is 6.66. The summed E-state index contributed by atoms with van der Waals surface area (Å²) in [5, 5.41) is 6.40. The predicted octanol–water partition coefficient (Wildman–Crippen LogP) is 2.71. The Bertz CT molecular complexity index is 461. The largest absolute Gasteiger partial charge is 0.324 e. The van der Waals surface area contributed by atoms with Crippen LogP contribution in [0.1, 0.15) is 19.8 Å². The normalized spacial score (nSPS) is 18.7. The van der Waals surface area contributed by atoms with E-state index in [0.717, 1.165) is 36.3 Å². The molecule has 0 radical (unpaired) electrons. The summed E-state index contributed by atoms with van der Waals surface area (Å²) in [4.78, 5) is 14.4. The van der Waals surface area contributed by atoms with E-state index >= 15 is 0 Å². The number of benzene rings is 1. The fraction of sp³-hybridized carbons (Fsp3) is 0.562. The van der Waals surface area contributed by atoms with Crippen molar-refractivity contribution in [2.45, 2.75) is 19.8 Å². The molecule has 1 heterocycles. The molecule has 0 aromatic heterocycles. The Labute approximate surface area is 135 Å². The highest BCUT2D eigenvalue weighted by atomic mass is 79.9. The zero-order chi connectivity index (χ0) is 15.1. The first-order valence-corrected chi connectivity index (χ1v) is 8.45. The highest BCUT2D eigenvalue weighted by molar-refractivity contribution is 9.10. The minimum Gasteiger partial charge on any atom is -0.324 e. The van der Waals surface area contributed by atoms with Crippen molar-refractivity contribution in [1.29, 1.82) is 0 Å². The highest BCUT2D eigenvalue weighted by Gasteiger charge is 2.18. The third-order valence-electron chi connectivity index (χ3n) is 3.88. The summed E-state index contributed by atoms with van der Waals surface area (Å²) >= 11 is 3.45. The summed E-state index contributed by atoms with van der Waals surface area (Å²) in [6.07, 6.45) is 2.50. The molecular formula is C16H24BrN3O. The van der Waals surface area contributed by atoms with Gasteiger partial charge in [0.1, 0.15) is 0 Å². The molecule has 0 aliphatic carbocycles. The number of amides is 1. The van der Waals surface area contributed by atoms with Gasteiger partial charge in [0.2, 0.25) is 5.91 Å². The van der Waals surface area contributed by atoms with Gasteiger partial charge in [-0.25, -0.2) is 0 Å². The number of halogens is 1. The van der Waals surface area contributed by atoms with Crippen molar-refractivity contribution in [2.75, 3.05) is 38.0 Å². The maximum atomic E-state index is 12.2. The van der Waals surface area contributed by atoms with Crippen molar-refractivity contribution >= 4 is 27.5 Å². The van der Waals surface area contributed by atoms with Crippen LogP contribution in [0.25, 0.3) is 0 Å². The van der Waals surface area contributed by atoms with Crippen LogP contribution in [0, 0.1) is 5.92 Å². The van der Waals surface area contributed by atoms with Gasteiger partial charge in [-0.1, -0.05) is 19.1 Å². The Morgan fingerprint density at radius 3 is 2.95 bits per heavy atom. The molecule has 1 amide bonds. The molecule has 1 saturated heterocycles. The molecule has 0 saturated carbocycles. The number of likely N-dealkylation sites (N-methyl/N-ethyl adjacent to an activating group) is 1. The molecule has 2 rings (SSSR count). The molecule has 5 heteroatoms. The van der Waals surface area contributed by atoms with Crippen LogP contribution in [0.2, 0.25) is 0 Å². The van der Waals surface area contributed by atoms with Crippen LogP contribution < -0.4 is 10.6 Å². The molecule has 1 aliphatic rings. The van der Waals surface area contributed by atoms with Crippen molar-refractivity contribution in [3.8, 4) is 0 Å². The van der Waals surface area contributed by atoms with Gasteiger partial charge in [-0.05, 0) is 66.5 Å². The molecule has 21 heavy (non-hydrogen) atoms. The lowest BCUT2D eigenvalue weighted by Gasteiger charge is -2.29. The first kappa shape index (κ1) is 16.5. The number of nitrogens with one attached hydrogen (secondary N) is 2. The van der Waals surface area contributed by atoms with Gasteiger partial charge in [0.25, 0.3) is 0 Å². The molecule has 4 nitrogen and oxygen atoms in total. The molecule has 1 aromatic carbocycles.